The Balaban J connectivity index is 1.66. The number of aromatic nitrogens is 2. The van der Waals surface area contributed by atoms with Crippen LogP contribution in [0.2, 0.25) is 0 Å². The molecule has 0 aliphatic heterocycles. The number of benzene rings is 1. The van der Waals surface area contributed by atoms with Crippen molar-refractivity contribution in [1.29, 1.82) is 0 Å². The summed E-state index contributed by atoms with van der Waals surface area (Å²) in [5, 5.41) is 5.22. The van der Waals surface area contributed by atoms with Crippen LogP contribution < -0.4 is 20.1 Å². The Kier molecular flexibility index (Phi) is 5.33. The topological polar surface area (TPSA) is 85.4 Å². The third kappa shape index (κ3) is 4.98. The number of hydrogen-bond acceptors (Lipinski definition) is 5. The van der Waals surface area contributed by atoms with Gasteiger partial charge in [-0.15, -0.1) is 0 Å². The number of anilines is 1. The van der Waals surface area contributed by atoms with Gasteiger partial charge in [-0.1, -0.05) is 0 Å². The molecule has 0 fully saturated rings. The lowest BCUT2D eigenvalue weighted by Gasteiger charge is -2.09. The lowest BCUT2D eigenvalue weighted by atomic mass is 10.3. The van der Waals surface area contributed by atoms with Crippen molar-refractivity contribution in [2.75, 3.05) is 25.6 Å². The van der Waals surface area contributed by atoms with Gasteiger partial charge in [0.05, 0.1) is 19.9 Å². The number of methoxy groups -OCH3 is 1. The molecular weight excluding hydrogens is 272 g/mol. The molecular formula is C14H16N4O3. The predicted molar refractivity (Wildman–Crippen MR) is 77.5 cm³/mol. The molecule has 1 heterocycles. The van der Waals surface area contributed by atoms with E-state index in [1.165, 1.54) is 18.6 Å². The summed E-state index contributed by atoms with van der Waals surface area (Å²) in [6, 6.07) is 6.87. The molecule has 0 spiro atoms. The van der Waals surface area contributed by atoms with E-state index >= 15 is 0 Å². The van der Waals surface area contributed by atoms with E-state index in [0.29, 0.717) is 24.7 Å². The molecule has 0 atom stereocenters. The molecule has 1 aromatic carbocycles. The van der Waals surface area contributed by atoms with Crippen molar-refractivity contribution in [3.8, 4) is 11.5 Å². The smallest absolute Gasteiger partial charge is 0.320 e. The summed E-state index contributed by atoms with van der Waals surface area (Å²) in [5.41, 5.74) is 0. The fourth-order valence-corrected chi connectivity index (χ4v) is 1.53. The summed E-state index contributed by atoms with van der Waals surface area (Å²) in [4.78, 5) is 19.3. The van der Waals surface area contributed by atoms with Crippen molar-refractivity contribution in [1.82, 2.24) is 15.3 Å². The van der Waals surface area contributed by atoms with Gasteiger partial charge in [0.15, 0.2) is 5.82 Å². The minimum absolute atomic E-state index is 0.353. The van der Waals surface area contributed by atoms with Gasteiger partial charge >= 0.3 is 6.03 Å². The number of carbonyl (C=O) groups is 1. The standard InChI is InChI=1S/C14H16N4O3/c1-20-11-2-4-12(5-3-11)21-9-8-17-14(19)18-13-10-15-6-7-16-13/h2-7,10H,8-9H2,1H3,(H2,16,17,18,19). The molecule has 7 nitrogen and oxygen atoms in total. The first kappa shape index (κ1) is 14.6. The zero-order valence-corrected chi connectivity index (χ0v) is 11.6. The lowest BCUT2D eigenvalue weighted by molar-refractivity contribution is 0.247. The molecule has 21 heavy (non-hydrogen) atoms. The van der Waals surface area contributed by atoms with Gasteiger partial charge in [-0.25, -0.2) is 9.78 Å². The Morgan fingerprint density at radius 2 is 1.95 bits per heavy atom. The summed E-state index contributed by atoms with van der Waals surface area (Å²) in [6.45, 7) is 0.734. The van der Waals surface area contributed by atoms with Crippen molar-refractivity contribution in [3.05, 3.63) is 42.9 Å². The molecule has 0 radical (unpaired) electrons. The number of ether oxygens (including phenoxy) is 2. The van der Waals surface area contributed by atoms with E-state index in [1.807, 2.05) is 12.1 Å². The van der Waals surface area contributed by atoms with Gasteiger partial charge in [0.1, 0.15) is 18.1 Å². The van der Waals surface area contributed by atoms with Crippen LogP contribution in [-0.4, -0.2) is 36.3 Å². The van der Waals surface area contributed by atoms with Crippen LogP contribution in [0.15, 0.2) is 42.9 Å². The van der Waals surface area contributed by atoms with Crippen molar-refractivity contribution in [2.45, 2.75) is 0 Å². The largest absolute Gasteiger partial charge is 0.497 e. The van der Waals surface area contributed by atoms with E-state index in [4.69, 9.17) is 9.47 Å². The first-order chi connectivity index (χ1) is 10.3. The monoisotopic (exact) mass is 288 g/mol. The Hall–Kier alpha value is -2.83. The summed E-state index contributed by atoms with van der Waals surface area (Å²) in [7, 11) is 1.61. The molecule has 2 rings (SSSR count). The quantitative estimate of drug-likeness (QED) is 0.790. The first-order valence-electron chi connectivity index (χ1n) is 6.35. The number of rotatable bonds is 6. The van der Waals surface area contributed by atoms with Gasteiger partial charge in [0, 0.05) is 12.4 Å². The SMILES string of the molecule is COc1ccc(OCCNC(=O)Nc2cnccn2)cc1. The van der Waals surface area contributed by atoms with Gasteiger partial charge in [-0.2, -0.15) is 0 Å². The molecule has 0 bridgehead atoms. The van der Waals surface area contributed by atoms with Crippen LogP contribution in [0, 0.1) is 0 Å². The highest BCUT2D eigenvalue weighted by Crippen LogP contribution is 2.16. The molecule has 0 unspecified atom stereocenters. The maximum absolute atomic E-state index is 11.5. The van der Waals surface area contributed by atoms with E-state index in [2.05, 4.69) is 20.6 Å². The number of carbonyl (C=O) groups excluding carboxylic acids is 1. The zero-order chi connectivity index (χ0) is 14.9. The lowest BCUT2D eigenvalue weighted by Crippen LogP contribution is -2.32. The Morgan fingerprint density at radius 3 is 2.62 bits per heavy atom. The van der Waals surface area contributed by atoms with E-state index in [-0.39, 0.29) is 6.03 Å². The molecule has 0 saturated heterocycles. The van der Waals surface area contributed by atoms with Crippen LogP contribution in [0.1, 0.15) is 0 Å². The summed E-state index contributed by atoms with van der Waals surface area (Å²) >= 11 is 0. The molecule has 2 aromatic rings. The van der Waals surface area contributed by atoms with Crippen LogP contribution in [-0.2, 0) is 0 Å². The van der Waals surface area contributed by atoms with E-state index in [9.17, 15) is 4.79 Å². The number of amides is 2. The zero-order valence-electron chi connectivity index (χ0n) is 11.6. The van der Waals surface area contributed by atoms with Crippen molar-refractivity contribution in [2.24, 2.45) is 0 Å². The van der Waals surface area contributed by atoms with Gasteiger partial charge in [0.25, 0.3) is 0 Å². The molecule has 7 heteroatoms. The second-order valence-corrected chi connectivity index (χ2v) is 4.00. The van der Waals surface area contributed by atoms with Gasteiger partial charge in [-0.3, -0.25) is 10.3 Å². The third-order valence-electron chi connectivity index (χ3n) is 2.52. The van der Waals surface area contributed by atoms with Gasteiger partial charge < -0.3 is 14.8 Å². The summed E-state index contributed by atoms with van der Waals surface area (Å²) in [5.74, 6) is 1.88. The Labute approximate surface area is 122 Å². The summed E-state index contributed by atoms with van der Waals surface area (Å²) in [6.07, 6.45) is 4.50. The average molecular weight is 288 g/mol. The van der Waals surface area contributed by atoms with Crippen LogP contribution in [0.4, 0.5) is 10.6 Å². The van der Waals surface area contributed by atoms with Crippen molar-refractivity contribution < 1.29 is 14.3 Å². The van der Waals surface area contributed by atoms with E-state index < -0.39 is 0 Å². The fraction of sp³-hybridized carbons (Fsp3) is 0.214. The van der Waals surface area contributed by atoms with E-state index in [0.717, 1.165) is 5.75 Å². The molecule has 0 aliphatic carbocycles. The number of hydrogen-bond donors (Lipinski definition) is 2. The van der Waals surface area contributed by atoms with Crippen LogP contribution >= 0.6 is 0 Å². The first-order valence-corrected chi connectivity index (χ1v) is 6.35. The second-order valence-electron chi connectivity index (χ2n) is 4.00. The van der Waals surface area contributed by atoms with Crippen LogP contribution in [0.5, 0.6) is 11.5 Å². The Morgan fingerprint density at radius 1 is 1.19 bits per heavy atom. The fourth-order valence-electron chi connectivity index (χ4n) is 1.53. The summed E-state index contributed by atoms with van der Waals surface area (Å²) < 4.78 is 10.5. The minimum atomic E-state index is -0.353. The van der Waals surface area contributed by atoms with E-state index in [1.54, 1.807) is 19.2 Å². The number of nitrogens with one attached hydrogen (secondary N) is 2. The average Bonchev–Trinajstić information content (AvgIpc) is 2.53. The minimum Gasteiger partial charge on any atom is -0.497 e. The second kappa shape index (κ2) is 7.68. The van der Waals surface area contributed by atoms with Gasteiger partial charge in [-0.05, 0) is 24.3 Å². The van der Waals surface area contributed by atoms with Crippen molar-refractivity contribution >= 4 is 11.8 Å². The maximum Gasteiger partial charge on any atom is 0.320 e. The maximum atomic E-state index is 11.5. The van der Waals surface area contributed by atoms with Crippen LogP contribution in [0.25, 0.3) is 0 Å². The highest BCUT2D eigenvalue weighted by Gasteiger charge is 2.01. The molecule has 110 valence electrons. The molecule has 2 N–H and O–H groups in total. The normalized spacial score (nSPS) is 9.76. The molecule has 2 amide bonds. The molecule has 1 aromatic heterocycles. The highest BCUT2D eigenvalue weighted by atomic mass is 16.5. The Bertz CT molecular complexity index is 560. The van der Waals surface area contributed by atoms with Crippen molar-refractivity contribution in [3.63, 3.8) is 0 Å². The molecule has 0 aliphatic rings. The predicted octanol–water partition coefficient (Wildman–Crippen LogP) is 1.69. The number of nitrogens with zero attached hydrogens (tertiary/aromatic N) is 2. The highest BCUT2D eigenvalue weighted by molar-refractivity contribution is 5.87. The number of urea groups is 1. The third-order valence-corrected chi connectivity index (χ3v) is 2.52. The van der Waals surface area contributed by atoms with Crippen LogP contribution in [0.3, 0.4) is 0 Å². The van der Waals surface area contributed by atoms with Gasteiger partial charge in [0.2, 0.25) is 0 Å². The molecule has 0 saturated carbocycles.